The second-order valence-corrected chi connectivity index (χ2v) is 6.60. The van der Waals surface area contributed by atoms with Crippen LogP contribution in [0.2, 0.25) is 0 Å². The first-order chi connectivity index (χ1) is 15.4. The zero-order chi connectivity index (χ0) is 23.8. The number of Topliss-reactive ketones (excluding diaryl/α,β-unsaturated/α-hetero) is 2. The van der Waals surface area contributed by atoms with E-state index in [4.69, 9.17) is 9.47 Å². The van der Waals surface area contributed by atoms with Crippen LogP contribution < -0.4 is 0 Å². The average Bonchev–Trinajstić information content (AvgIpc) is 2.84. The molecule has 2 aromatic carbocycles. The van der Waals surface area contributed by atoms with Crippen LogP contribution in [0.3, 0.4) is 0 Å². The van der Waals surface area contributed by atoms with Crippen molar-refractivity contribution in [2.24, 2.45) is 0 Å². The van der Waals surface area contributed by atoms with Gasteiger partial charge in [0, 0.05) is 29.7 Å². The molecule has 0 bridgehead atoms. The lowest BCUT2D eigenvalue weighted by Crippen LogP contribution is -2.23. The minimum absolute atomic E-state index is 0.427. The van der Waals surface area contributed by atoms with E-state index in [9.17, 15) is 19.2 Å². The van der Waals surface area contributed by atoms with Gasteiger partial charge in [0.1, 0.15) is 0 Å². The van der Waals surface area contributed by atoms with Gasteiger partial charge in [0.25, 0.3) is 0 Å². The zero-order valence-corrected chi connectivity index (χ0v) is 18.2. The van der Waals surface area contributed by atoms with Crippen molar-refractivity contribution in [1.82, 2.24) is 0 Å². The molecule has 0 aliphatic carbocycles. The Hall–Kier alpha value is -3.80. The highest BCUT2D eigenvalue weighted by atomic mass is 16.7. The normalized spacial score (nSPS) is 9.69. The Balaban J connectivity index is 0.000000320. The molecule has 0 aliphatic rings. The summed E-state index contributed by atoms with van der Waals surface area (Å²) in [6.07, 6.45) is 4.58. The van der Waals surface area contributed by atoms with Crippen molar-refractivity contribution < 1.29 is 28.7 Å². The van der Waals surface area contributed by atoms with Gasteiger partial charge in [0.05, 0.1) is 0 Å². The third-order valence-corrected chi connectivity index (χ3v) is 4.15. The van der Waals surface area contributed by atoms with Crippen molar-refractivity contribution in [3.05, 3.63) is 97.1 Å². The Labute approximate surface area is 188 Å². The number of carbonyl (C=O) groups excluding carboxylic acids is 4. The molecule has 0 amide bonds. The minimum Gasteiger partial charge on any atom is -0.422 e. The maximum Gasteiger partial charge on any atom is 0.333 e. The van der Waals surface area contributed by atoms with E-state index >= 15 is 0 Å². The predicted octanol–water partition coefficient (Wildman–Crippen LogP) is 5.10. The van der Waals surface area contributed by atoms with Crippen molar-refractivity contribution in [3.63, 3.8) is 0 Å². The van der Waals surface area contributed by atoms with Gasteiger partial charge in [-0.2, -0.15) is 0 Å². The second kappa shape index (κ2) is 15.1. The van der Waals surface area contributed by atoms with E-state index in [2.05, 4.69) is 20.1 Å². The van der Waals surface area contributed by atoms with Crippen LogP contribution in [-0.2, 0) is 19.1 Å². The Kier molecular flexibility index (Phi) is 12.4. The molecule has 0 atom stereocenters. The minimum atomic E-state index is -0.845. The van der Waals surface area contributed by atoms with Gasteiger partial charge >= 0.3 is 11.9 Å². The molecule has 2 rings (SSSR count). The van der Waals surface area contributed by atoms with E-state index in [0.29, 0.717) is 17.5 Å². The number of benzene rings is 2. The molecule has 0 aromatic heterocycles. The van der Waals surface area contributed by atoms with Crippen molar-refractivity contribution >= 4 is 23.5 Å². The molecule has 0 saturated heterocycles. The van der Waals surface area contributed by atoms with Gasteiger partial charge < -0.3 is 9.47 Å². The fourth-order valence-corrected chi connectivity index (χ4v) is 2.50. The smallest absolute Gasteiger partial charge is 0.333 e. The van der Waals surface area contributed by atoms with Gasteiger partial charge in [0.15, 0.2) is 0 Å². The maximum atomic E-state index is 11.8. The fraction of sp³-hybridized carbons (Fsp3) is 0.231. The van der Waals surface area contributed by atoms with Gasteiger partial charge in [-0.15, -0.1) is 0 Å². The quantitative estimate of drug-likeness (QED) is 0.122. The third-order valence-electron chi connectivity index (χ3n) is 4.15. The highest BCUT2D eigenvalue weighted by Gasteiger charge is 2.17. The molecule has 0 fully saturated rings. The second-order valence-electron chi connectivity index (χ2n) is 6.60. The van der Waals surface area contributed by atoms with Crippen LogP contribution in [0.5, 0.6) is 0 Å². The van der Waals surface area contributed by atoms with Crippen LogP contribution in [0.1, 0.15) is 53.3 Å². The van der Waals surface area contributed by atoms with Gasteiger partial charge in [-0.1, -0.05) is 93.6 Å². The van der Waals surface area contributed by atoms with Gasteiger partial charge in [-0.3, -0.25) is 9.59 Å². The number of hydrogen-bond donors (Lipinski definition) is 0. The molecule has 6 heteroatoms. The number of hydrogen-bond acceptors (Lipinski definition) is 6. The number of unbranched alkanes of at least 4 members (excludes halogenated alkanes) is 2. The summed E-state index contributed by atoms with van der Waals surface area (Å²) in [5.41, 5.74) is 0.854. The Morgan fingerprint density at radius 2 is 1.16 bits per heavy atom. The SMILES string of the molecule is C=CC(=O)OC(CCCCC)OC(=O)C=C.O=C(C(=O)c1ccccc1)c1ccccc1. The highest BCUT2D eigenvalue weighted by molar-refractivity contribution is 6.49. The van der Waals surface area contributed by atoms with Gasteiger partial charge in [-0.25, -0.2) is 9.59 Å². The Bertz CT molecular complexity index is 831. The molecule has 32 heavy (non-hydrogen) atoms. The average molecular weight is 437 g/mol. The van der Waals surface area contributed by atoms with E-state index in [1.165, 1.54) is 0 Å². The highest BCUT2D eigenvalue weighted by Crippen LogP contribution is 2.10. The number of esters is 2. The van der Waals surface area contributed by atoms with E-state index < -0.39 is 29.8 Å². The van der Waals surface area contributed by atoms with Gasteiger partial charge in [-0.05, 0) is 6.42 Å². The molecule has 0 saturated carbocycles. The molecular weight excluding hydrogens is 408 g/mol. The van der Waals surface area contributed by atoms with Crippen molar-refractivity contribution in [3.8, 4) is 0 Å². The van der Waals surface area contributed by atoms with Crippen molar-refractivity contribution in [1.29, 1.82) is 0 Å². The number of rotatable bonds is 11. The van der Waals surface area contributed by atoms with Crippen LogP contribution in [0.4, 0.5) is 0 Å². The lowest BCUT2D eigenvalue weighted by molar-refractivity contribution is -0.182. The third kappa shape index (κ3) is 9.80. The number of ether oxygens (including phenoxy) is 2. The topological polar surface area (TPSA) is 86.7 Å². The molecule has 0 radical (unpaired) electrons. The van der Waals surface area contributed by atoms with E-state index in [1.54, 1.807) is 48.5 Å². The Morgan fingerprint density at radius 3 is 1.50 bits per heavy atom. The first-order valence-corrected chi connectivity index (χ1v) is 10.3. The lowest BCUT2D eigenvalue weighted by atomic mass is 10.0. The summed E-state index contributed by atoms with van der Waals surface area (Å²) in [4.78, 5) is 45.5. The molecule has 0 aliphatic heterocycles. The van der Waals surface area contributed by atoms with Crippen LogP contribution in [0, 0.1) is 0 Å². The predicted molar refractivity (Wildman–Crippen MR) is 122 cm³/mol. The molecule has 6 nitrogen and oxygen atoms in total. The summed E-state index contributed by atoms with van der Waals surface area (Å²) in [7, 11) is 0. The summed E-state index contributed by atoms with van der Waals surface area (Å²) in [5.74, 6) is -2.13. The van der Waals surface area contributed by atoms with E-state index in [1.807, 2.05) is 12.1 Å². The lowest BCUT2D eigenvalue weighted by Gasteiger charge is -2.16. The van der Waals surface area contributed by atoms with Crippen LogP contribution in [0.25, 0.3) is 0 Å². The van der Waals surface area contributed by atoms with Crippen molar-refractivity contribution in [2.75, 3.05) is 0 Å². The molecule has 2 aromatic rings. The monoisotopic (exact) mass is 436 g/mol. The van der Waals surface area contributed by atoms with Crippen molar-refractivity contribution in [2.45, 2.75) is 38.9 Å². The molecule has 168 valence electrons. The summed E-state index contributed by atoms with van der Waals surface area (Å²) < 4.78 is 9.74. The zero-order valence-electron chi connectivity index (χ0n) is 18.2. The Morgan fingerprint density at radius 1 is 0.750 bits per heavy atom. The molecule has 0 unspecified atom stereocenters. The first kappa shape index (κ1) is 26.2. The number of ketones is 2. The van der Waals surface area contributed by atoms with Crippen LogP contribution >= 0.6 is 0 Å². The van der Waals surface area contributed by atoms with E-state index in [-0.39, 0.29) is 0 Å². The number of carbonyl (C=O) groups is 4. The molecule has 0 N–H and O–H groups in total. The van der Waals surface area contributed by atoms with Crippen LogP contribution in [-0.4, -0.2) is 29.8 Å². The first-order valence-electron chi connectivity index (χ1n) is 10.3. The van der Waals surface area contributed by atoms with Gasteiger partial charge in [0.2, 0.25) is 17.9 Å². The van der Waals surface area contributed by atoms with Crippen LogP contribution in [0.15, 0.2) is 86.0 Å². The molecular formula is C26H28O6. The van der Waals surface area contributed by atoms with E-state index in [0.717, 1.165) is 31.4 Å². The largest absolute Gasteiger partial charge is 0.422 e. The summed E-state index contributed by atoms with van der Waals surface area (Å²) in [6.45, 7) is 8.60. The molecule has 0 heterocycles. The maximum absolute atomic E-state index is 11.8. The summed E-state index contributed by atoms with van der Waals surface area (Å²) >= 11 is 0. The summed E-state index contributed by atoms with van der Waals surface area (Å²) in [6, 6.07) is 17.2. The standard InChI is InChI=1S/C14H10O2.C12H18O4/c15-13(11-7-3-1-4-8-11)14(16)12-9-5-2-6-10-12;1-4-7-8-9-12(15-10(13)5-2)16-11(14)6-3/h1-10H;5-6,12H,2-4,7-9H2,1H3. The summed E-state index contributed by atoms with van der Waals surface area (Å²) in [5, 5.41) is 0. The fourth-order valence-electron chi connectivity index (χ4n) is 2.50. The molecule has 0 spiro atoms.